The van der Waals surface area contributed by atoms with E-state index < -0.39 is 0 Å². The second kappa shape index (κ2) is 6.74. The van der Waals surface area contributed by atoms with Crippen LogP contribution in [0.3, 0.4) is 0 Å². The van der Waals surface area contributed by atoms with Gasteiger partial charge >= 0.3 is 0 Å². The van der Waals surface area contributed by atoms with Gasteiger partial charge in [-0.15, -0.1) is 0 Å². The van der Waals surface area contributed by atoms with Crippen LogP contribution in [0, 0.1) is 13.8 Å². The monoisotopic (exact) mass is 373 g/mol. The van der Waals surface area contributed by atoms with Crippen LogP contribution in [0.2, 0.25) is 0 Å². The van der Waals surface area contributed by atoms with E-state index in [4.69, 9.17) is 0 Å². The summed E-state index contributed by atoms with van der Waals surface area (Å²) in [5.74, 6) is 1.48. The molecular formula is C23H27N5. The molecule has 1 aliphatic heterocycles. The Morgan fingerprint density at radius 3 is 2.75 bits per heavy atom. The largest absolute Gasteiger partial charge is 0.354 e. The maximum Gasteiger partial charge on any atom is 0.158 e. The summed E-state index contributed by atoms with van der Waals surface area (Å²) in [6.07, 6.45) is 5.55. The van der Waals surface area contributed by atoms with E-state index in [1.807, 2.05) is 11.4 Å². The maximum absolute atomic E-state index is 4.53. The number of nitrogens with one attached hydrogen (secondary N) is 2. The fourth-order valence-electron chi connectivity index (χ4n) is 4.68. The topological polar surface area (TPSA) is 58.0 Å². The normalized spacial score (nSPS) is 15.7. The predicted molar refractivity (Wildman–Crippen MR) is 114 cm³/mol. The van der Waals surface area contributed by atoms with Crippen LogP contribution in [0.5, 0.6) is 0 Å². The van der Waals surface area contributed by atoms with E-state index in [9.17, 15) is 0 Å². The minimum absolute atomic E-state index is 0.672. The zero-order valence-electron chi connectivity index (χ0n) is 16.8. The highest BCUT2D eigenvalue weighted by Crippen LogP contribution is 2.35. The molecule has 1 aliphatic rings. The smallest absolute Gasteiger partial charge is 0.158 e. The number of fused-ring (bicyclic) bond motifs is 2. The molecule has 4 aromatic rings. The number of piperidine rings is 1. The third kappa shape index (κ3) is 2.81. The van der Waals surface area contributed by atoms with Crippen molar-refractivity contribution in [3.8, 4) is 11.3 Å². The van der Waals surface area contributed by atoms with Gasteiger partial charge in [-0.2, -0.15) is 5.10 Å². The predicted octanol–water partition coefficient (Wildman–Crippen LogP) is 4.52. The van der Waals surface area contributed by atoms with Gasteiger partial charge < -0.3 is 10.3 Å². The van der Waals surface area contributed by atoms with Crippen molar-refractivity contribution in [1.29, 1.82) is 0 Å². The van der Waals surface area contributed by atoms with Gasteiger partial charge in [0.1, 0.15) is 5.82 Å². The first-order valence-corrected chi connectivity index (χ1v) is 10.3. The Hall–Kier alpha value is -2.66. The SMILES string of the molecule is CCc1c(-c2cc(C)c3nc(C)nn3c2)[nH]c2ccc(C3CCNCC3)cc12. The molecule has 1 saturated heterocycles. The summed E-state index contributed by atoms with van der Waals surface area (Å²) in [6, 6.07) is 9.23. The third-order valence-corrected chi connectivity index (χ3v) is 6.11. The van der Waals surface area contributed by atoms with Crippen LogP contribution in [0.25, 0.3) is 27.8 Å². The van der Waals surface area contributed by atoms with Gasteiger partial charge in [0, 0.05) is 22.7 Å². The fourth-order valence-corrected chi connectivity index (χ4v) is 4.68. The summed E-state index contributed by atoms with van der Waals surface area (Å²) in [4.78, 5) is 8.22. The van der Waals surface area contributed by atoms with Gasteiger partial charge in [0.05, 0.1) is 5.69 Å². The van der Waals surface area contributed by atoms with Gasteiger partial charge in [-0.05, 0) is 87.0 Å². The Balaban J connectivity index is 1.65. The van der Waals surface area contributed by atoms with E-state index in [0.717, 1.165) is 36.5 Å². The average molecular weight is 374 g/mol. The van der Waals surface area contributed by atoms with Crippen molar-refractivity contribution < 1.29 is 0 Å². The number of benzene rings is 1. The van der Waals surface area contributed by atoms with E-state index in [2.05, 4.69) is 64.7 Å². The molecule has 1 aromatic carbocycles. The number of pyridine rings is 1. The third-order valence-electron chi connectivity index (χ3n) is 6.11. The van der Waals surface area contributed by atoms with Crippen LogP contribution in [0.15, 0.2) is 30.5 Å². The number of aromatic nitrogens is 4. The molecule has 0 saturated carbocycles. The molecule has 5 rings (SSSR count). The first-order valence-electron chi connectivity index (χ1n) is 10.3. The molecule has 5 nitrogen and oxygen atoms in total. The molecule has 3 aromatic heterocycles. The first-order chi connectivity index (χ1) is 13.6. The lowest BCUT2D eigenvalue weighted by Gasteiger charge is -2.23. The lowest BCUT2D eigenvalue weighted by molar-refractivity contribution is 0.460. The highest BCUT2D eigenvalue weighted by Gasteiger charge is 2.18. The van der Waals surface area contributed by atoms with Gasteiger partial charge in [0.15, 0.2) is 5.65 Å². The van der Waals surface area contributed by atoms with Gasteiger partial charge in [-0.3, -0.25) is 0 Å². The Kier molecular flexibility index (Phi) is 4.20. The Morgan fingerprint density at radius 1 is 1.14 bits per heavy atom. The minimum atomic E-state index is 0.672. The highest BCUT2D eigenvalue weighted by molar-refractivity contribution is 5.91. The van der Waals surface area contributed by atoms with Crippen molar-refractivity contribution in [1.82, 2.24) is 24.9 Å². The molecule has 5 heteroatoms. The molecule has 1 fully saturated rings. The van der Waals surface area contributed by atoms with Gasteiger partial charge in [-0.1, -0.05) is 13.0 Å². The maximum atomic E-state index is 4.53. The van der Waals surface area contributed by atoms with Gasteiger partial charge in [0.2, 0.25) is 0 Å². The number of aromatic amines is 1. The first kappa shape index (κ1) is 17.4. The molecular weight excluding hydrogens is 346 g/mol. The number of hydrogen-bond acceptors (Lipinski definition) is 3. The van der Waals surface area contributed by atoms with Crippen molar-refractivity contribution in [3.63, 3.8) is 0 Å². The zero-order chi connectivity index (χ0) is 19.3. The second-order valence-electron chi connectivity index (χ2n) is 8.00. The van der Waals surface area contributed by atoms with Crippen LogP contribution < -0.4 is 5.32 Å². The summed E-state index contributed by atoms with van der Waals surface area (Å²) in [5.41, 5.74) is 8.55. The number of hydrogen-bond donors (Lipinski definition) is 2. The highest BCUT2D eigenvalue weighted by atomic mass is 15.3. The van der Waals surface area contributed by atoms with Crippen LogP contribution in [0.1, 0.15) is 48.2 Å². The van der Waals surface area contributed by atoms with Crippen LogP contribution in [-0.2, 0) is 6.42 Å². The summed E-state index contributed by atoms with van der Waals surface area (Å²) in [6.45, 7) is 8.54. The van der Waals surface area contributed by atoms with E-state index in [1.165, 1.54) is 46.1 Å². The molecule has 28 heavy (non-hydrogen) atoms. The van der Waals surface area contributed by atoms with Crippen molar-refractivity contribution >= 4 is 16.6 Å². The number of H-pyrrole nitrogens is 1. The molecule has 0 radical (unpaired) electrons. The lowest BCUT2D eigenvalue weighted by Crippen LogP contribution is -2.26. The number of nitrogens with zero attached hydrogens (tertiary/aromatic N) is 3. The number of rotatable bonds is 3. The average Bonchev–Trinajstić information content (AvgIpc) is 3.27. The molecule has 0 aliphatic carbocycles. The molecule has 0 bridgehead atoms. The standard InChI is InChI=1S/C23H27N5/c1-4-19-20-12-17(16-7-9-24-10-8-16)5-6-21(20)26-22(19)18-11-14(2)23-25-15(3)27-28(23)13-18/h5-6,11-13,16,24,26H,4,7-10H2,1-3H3. The molecule has 4 heterocycles. The summed E-state index contributed by atoms with van der Waals surface area (Å²) < 4.78 is 1.91. The fraction of sp³-hybridized carbons (Fsp3) is 0.391. The zero-order valence-corrected chi connectivity index (χ0v) is 16.8. The molecule has 0 spiro atoms. The summed E-state index contributed by atoms with van der Waals surface area (Å²) >= 11 is 0. The molecule has 0 atom stereocenters. The summed E-state index contributed by atoms with van der Waals surface area (Å²) in [5, 5.41) is 9.36. The van der Waals surface area contributed by atoms with E-state index >= 15 is 0 Å². The number of aryl methyl sites for hydroxylation is 3. The van der Waals surface area contributed by atoms with Crippen LogP contribution >= 0.6 is 0 Å². The molecule has 2 N–H and O–H groups in total. The van der Waals surface area contributed by atoms with Crippen molar-refractivity contribution in [3.05, 3.63) is 53.0 Å². The van der Waals surface area contributed by atoms with Crippen LogP contribution in [-0.4, -0.2) is 32.7 Å². The van der Waals surface area contributed by atoms with E-state index in [-0.39, 0.29) is 0 Å². The van der Waals surface area contributed by atoms with Gasteiger partial charge in [0.25, 0.3) is 0 Å². The Labute approximate surface area is 165 Å². The minimum Gasteiger partial charge on any atom is -0.354 e. The van der Waals surface area contributed by atoms with E-state index in [0.29, 0.717) is 5.92 Å². The Bertz CT molecular complexity index is 1160. The lowest BCUT2D eigenvalue weighted by atomic mass is 9.89. The van der Waals surface area contributed by atoms with Gasteiger partial charge in [-0.25, -0.2) is 9.50 Å². The van der Waals surface area contributed by atoms with Crippen molar-refractivity contribution in [2.24, 2.45) is 0 Å². The Morgan fingerprint density at radius 2 is 1.96 bits per heavy atom. The summed E-state index contributed by atoms with van der Waals surface area (Å²) in [7, 11) is 0. The quantitative estimate of drug-likeness (QED) is 0.555. The van der Waals surface area contributed by atoms with E-state index in [1.54, 1.807) is 0 Å². The molecule has 144 valence electrons. The second-order valence-corrected chi connectivity index (χ2v) is 8.00. The van der Waals surface area contributed by atoms with Crippen LogP contribution in [0.4, 0.5) is 0 Å². The molecule has 0 unspecified atom stereocenters. The molecule has 0 amide bonds. The van der Waals surface area contributed by atoms with Crippen molar-refractivity contribution in [2.45, 2.75) is 46.0 Å². The van der Waals surface area contributed by atoms with Crippen molar-refractivity contribution in [2.75, 3.05) is 13.1 Å².